The second-order valence-electron chi connectivity index (χ2n) is 3.46. The fourth-order valence-corrected chi connectivity index (χ4v) is 2.02. The molecule has 0 saturated carbocycles. The average Bonchev–Trinajstić information content (AvgIpc) is 2.76. The molecule has 0 bridgehead atoms. The third-order valence-electron chi connectivity index (χ3n) is 2.14. The second-order valence-corrected chi connectivity index (χ2v) is 4.44. The number of nitrogens with one attached hydrogen (secondary N) is 1. The predicted octanol–water partition coefficient (Wildman–Crippen LogP) is 1.80. The molecule has 1 rings (SSSR count). The molecule has 1 heterocycles. The molecular weight excluding hydrogens is 210 g/mol. The minimum atomic E-state index is -0.424. The van der Waals surface area contributed by atoms with Gasteiger partial charge in [0.2, 0.25) is 0 Å². The van der Waals surface area contributed by atoms with Gasteiger partial charge in [-0.05, 0) is 25.3 Å². The molecule has 0 aromatic carbocycles. The summed E-state index contributed by atoms with van der Waals surface area (Å²) < 4.78 is 5.13. The van der Waals surface area contributed by atoms with E-state index in [2.05, 4.69) is 23.7 Å². The molecule has 0 spiro atoms. The highest BCUT2D eigenvalue weighted by atomic mass is 32.1. The third-order valence-corrected chi connectivity index (χ3v) is 3.20. The molecule has 4 heteroatoms. The minimum absolute atomic E-state index is 0.293. The Morgan fingerprint density at radius 3 is 3.00 bits per heavy atom. The summed E-state index contributed by atoms with van der Waals surface area (Å²) in [6.07, 6.45) is -0.424. The van der Waals surface area contributed by atoms with Crippen LogP contribution in [0.25, 0.3) is 0 Å². The monoisotopic (exact) mass is 229 g/mol. The molecule has 0 aliphatic carbocycles. The van der Waals surface area contributed by atoms with Gasteiger partial charge < -0.3 is 15.2 Å². The number of hydrogen-bond acceptors (Lipinski definition) is 4. The fourth-order valence-electron chi connectivity index (χ4n) is 1.26. The first-order valence-corrected chi connectivity index (χ1v) is 6.14. The maximum Gasteiger partial charge on any atom is 0.0897 e. The van der Waals surface area contributed by atoms with Crippen molar-refractivity contribution in [3.8, 4) is 0 Å². The standard InChI is InChI=1S/C11H19NO2S/c1-3-14-8-10(13)7-12-9(2)11-5-4-6-15-11/h4-6,9-10,12-13H,3,7-8H2,1-2H3/t9-,10?/m1/s1. The molecule has 0 radical (unpaired) electrons. The van der Waals surface area contributed by atoms with Crippen LogP contribution >= 0.6 is 11.3 Å². The van der Waals surface area contributed by atoms with Gasteiger partial charge in [0.1, 0.15) is 0 Å². The number of ether oxygens (including phenoxy) is 1. The van der Waals surface area contributed by atoms with Gasteiger partial charge in [0.15, 0.2) is 0 Å². The molecule has 3 nitrogen and oxygen atoms in total. The van der Waals surface area contributed by atoms with Crippen LogP contribution < -0.4 is 5.32 Å². The number of hydrogen-bond donors (Lipinski definition) is 2. The quantitative estimate of drug-likeness (QED) is 0.749. The van der Waals surface area contributed by atoms with Crippen LogP contribution in [0, 0.1) is 0 Å². The lowest BCUT2D eigenvalue weighted by molar-refractivity contribution is 0.0417. The highest BCUT2D eigenvalue weighted by Crippen LogP contribution is 2.17. The maximum atomic E-state index is 9.54. The van der Waals surface area contributed by atoms with E-state index in [-0.39, 0.29) is 0 Å². The molecular formula is C11H19NO2S. The molecule has 86 valence electrons. The normalized spacial score (nSPS) is 15.1. The first-order chi connectivity index (χ1) is 7.24. The molecule has 1 aromatic heterocycles. The van der Waals surface area contributed by atoms with Crippen molar-refractivity contribution in [2.45, 2.75) is 26.0 Å². The summed E-state index contributed by atoms with van der Waals surface area (Å²) in [5.74, 6) is 0. The van der Waals surface area contributed by atoms with Crippen molar-refractivity contribution in [2.24, 2.45) is 0 Å². The van der Waals surface area contributed by atoms with Gasteiger partial charge in [-0.15, -0.1) is 11.3 Å². The van der Waals surface area contributed by atoms with E-state index in [1.54, 1.807) is 11.3 Å². The van der Waals surface area contributed by atoms with Crippen molar-refractivity contribution in [3.05, 3.63) is 22.4 Å². The van der Waals surface area contributed by atoms with Crippen LogP contribution in [-0.4, -0.2) is 31.0 Å². The SMILES string of the molecule is CCOCC(O)CN[C@H](C)c1cccs1. The average molecular weight is 229 g/mol. The Morgan fingerprint density at radius 2 is 2.40 bits per heavy atom. The first kappa shape index (κ1) is 12.6. The second kappa shape index (κ2) is 6.95. The van der Waals surface area contributed by atoms with E-state index < -0.39 is 6.10 Å². The van der Waals surface area contributed by atoms with Crippen LogP contribution in [0.15, 0.2) is 17.5 Å². The van der Waals surface area contributed by atoms with E-state index in [0.29, 0.717) is 25.8 Å². The molecule has 15 heavy (non-hydrogen) atoms. The van der Waals surface area contributed by atoms with E-state index in [9.17, 15) is 5.11 Å². The highest BCUT2D eigenvalue weighted by molar-refractivity contribution is 7.10. The van der Waals surface area contributed by atoms with Crippen LogP contribution in [0.5, 0.6) is 0 Å². The predicted molar refractivity (Wildman–Crippen MR) is 63.2 cm³/mol. The Morgan fingerprint density at radius 1 is 1.60 bits per heavy atom. The molecule has 2 atom stereocenters. The van der Waals surface area contributed by atoms with Gasteiger partial charge in [0.25, 0.3) is 0 Å². The molecule has 1 unspecified atom stereocenters. The fraction of sp³-hybridized carbons (Fsp3) is 0.636. The van der Waals surface area contributed by atoms with Crippen molar-refractivity contribution < 1.29 is 9.84 Å². The Kier molecular flexibility index (Phi) is 5.86. The lowest BCUT2D eigenvalue weighted by Gasteiger charge is -2.15. The van der Waals surface area contributed by atoms with Crippen molar-refractivity contribution in [2.75, 3.05) is 19.8 Å². The summed E-state index contributed by atoms with van der Waals surface area (Å²) in [6.45, 7) is 5.64. The van der Waals surface area contributed by atoms with Crippen LogP contribution in [0.4, 0.5) is 0 Å². The number of thiophene rings is 1. The first-order valence-electron chi connectivity index (χ1n) is 5.26. The molecule has 0 fully saturated rings. The smallest absolute Gasteiger partial charge is 0.0897 e. The van der Waals surface area contributed by atoms with Crippen LogP contribution in [0.3, 0.4) is 0 Å². The zero-order valence-corrected chi connectivity index (χ0v) is 10.1. The Hall–Kier alpha value is -0.420. The van der Waals surface area contributed by atoms with E-state index >= 15 is 0 Å². The minimum Gasteiger partial charge on any atom is -0.389 e. The van der Waals surface area contributed by atoms with E-state index in [4.69, 9.17) is 4.74 Å². The van der Waals surface area contributed by atoms with Gasteiger partial charge in [-0.2, -0.15) is 0 Å². The molecule has 0 aliphatic heterocycles. The largest absolute Gasteiger partial charge is 0.389 e. The number of aliphatic hydroxyl groups excluding tert-OH is 1. The summed E-state index contributed by atoms with van der Waals surface area (Å²) in [4.78, 5) is 1.29. The topological polar surface area (TPSA) is 41.5 Å². The molecule has 0 saturated heterocycles. The Labute approximate surface area is 95.1 Å². The van der Waals surface area contributed by atoms with Crippen LogP contribution in [0.1, 0.15) is 24.8 Å². The Bertz CT molecular complexity index is 251. The van der Waals surface area contributed by atoms with Gasteiger partial charge in [-0.1, -0.05) is 6.07 Å². The zero-order chi connectivity index (χ0) is 11.1. The molecule has 0 aliphatic rings. The summed E-state index contributed by atoms with van der Waals surface area (Å²) >= 11 is 1.73. The van der Waals surface area contributed by atoms with E-state index in [0.717, 1.165) is 0 Å². The lowest BCUT2D eigenvalue weighted by Crippen LogP contribution is -2.31. The zero-order valence-electron chi connectivity index (χ0n) is 9.27. The van der Waals surface area contributed by atoms with Crippen molar-refractivity contribution in [1.82, 2.24) is 5.32 Å². The van der Waals surface area contributed by atoms with Gasteiger partial charge >= 0.3 is 0 Å². The lowest BCUT2D eigenvalue weighted by atomic mass is 10.2. The molecule has 0 amide bonds. The highest BCUT2D eigenvalue weighted by Gasteiger charge is 2.08. The summed E-state index contributed by atoms with van der Waals surface area (Å²) in [5.41, 5.74) is 0. The van der Waals surface area contributed by atoms with Gasteiger partial charge in [-0.3, -0.25) is 0 Å². The summed E-state index contributed by atoms with van der Waals surface area (Å²) in [7, 11) is 0. The third kappa shape index (κ3) is 4.75. The maximum absolute atomic E-state index is 9.54. The van der Waals surface area contributed by atoms with Crippen molar-refractivity contribution in [1.29, 1.82) is 0 Å². The summed E-state index contributed by atoms with van der Waals surface area (Å²) in [6, 6.07) is 4.42. The molecule has 1 aromatic rings. The summed E-state index contributed by atoms with van der Waals surface area (Å²) in [5, 5.41) is 14.9. The van der Waals surface area contributed by atoms with E-state index in [1.807, 2.05) is 13.0 Å². The van der Waals surface area contributed by atoms with Gasteiger partial charge in [0.05, 0.1) is 12.7 Å². The van der Waals surface area contributed by atoms with Crippen molar-refractivity contribution >= 4 is 11.3 Å². The van der Waals surface area contributed by atoms with E-state index in [1.165, 1.54) is 4.88 Å². The number of aliphatic hydroxyl groups is 1. The van der Waals surface area contributed by atoms with Crippen molar-refractivity contribution in [3.63, 3.8) is 0 Å². The van der Waals surface area contributed by atoms with Crippen LogP contribution in [-0.2, 0) is 4.74 Å². The number of rotatable bonds is 7. The van der Waals surface area contributed by atoms with Crippen LogP contribution in [0.2, 0.25) is 0 Å². The van der Waals surface area contributed by atoms with Gasteiger partial charge in [0, 0.05) is 24.1 Å². The van der Waals surface area contributed by atoms with Gasteiger partial charge in [-0.25, -0.2) is 0 Å². The Balaban J connectivity index is 2.19. The molecule has 2 N–H and O–H groups in total.